The maximum absolute atomic E-state index is 12.3. The molecule has 2 aromatic rings. The smallest absolute Gasteiger partial charge is 0.335 e. The van der Waals surface area contributed by atoms with Crippen molar-refractivity contribution in [2.24, 2.45) is 0 Å². The summed E-state index contributed by atoms with van der Waals surface area (Å²) in [6.45, 7) is 3.69. The first-order chi connectivity index (χ1) is 11.0. The number of carbonyl (C=O) groups excluding carboxylic acids is 1. The van der Waals surface area contributed by atoms with E-state index in [1.165, 1.54) is 12.1 Å². The van der Waals surface area contributed by atoms with Crippen LogP contribution in [0.4, 0.5) is 5.69 Å². The summed E-state index contributed by atoms with van der Waals surface area (Å²) >= 11 is 0. The molecule has 0 atom stereocenters. The van der Waals surface area contributed by atoms with Gasteiger partial charge in [-0.2, -0.15) is 0 Å². The molecule has 0 spiro atoms. The van der Waals surface area contributed by atoms with Crippen LogP contribution in [0.5, 0.6) is 5.75 Å². The van der Waals surface area contributed by atoms with Gasteiger partial charge in [0.15, 0.2) is 0 Å². The first-order valence-electron chi connectivity index (χ1n) is 6.97. The highest BCUT2D eigenvalue weighted by Crippen LogP contribution is 2.21. The first-order valence-corrected chi connectivity index (χ1v) is 6.97. The average molecular weight is 311 g/mol. The number of rotatable bonds is 6. The minimum absolute atomic E-state index is 0.167. The standard InChI is InChI=1S/C18H17NO4/c1-3-4-13-11-14(7-10-16(13)23-2)17(20)19-15-8-5-12(6-9-15)18(21)22/h3,5-11H,1,4H2,2H3,(H,19,20)(H,21,22). The molecule has 5 heteroatoms. The average Bonchev–Trinajstić information content (AvgIpc) is 2.55. The van der Waals surface area contributed by atoms with Gasteiger partial charge in [0.2, 0.25) is 0 Å². The molecule has 2 N–H and O–H groups in total. The second-order valence-electron chi connectivity index (χ2n) is 4.86. The first kappa shape index (κ1) is 16.3. The van der Waals surface area contributed by atoms with E-state index < -0.39 is 5.97 Å². The van der Waals surface area contributed by atoms with Crippen LogP contribution in [0.15, 0.2) is 55.1 Å². The minimum atomic E-state index is -1.01. The number of carboxylic acid groups (broad SMARTS) is 1. The quantitative estimate of drug-likeness (QED) is 0.802. The molecular formula is C18H17NO4. The fourth-order valence-corrected chi connectivity index (χ4v) is 2.13. The Balaban J connectivity index is 2.18. The number of benzene rings is 2. The molecule has 2 aromatic carbocycles. The lowest BCUT2D eigenvalue weighted by molar-refractivity contribution is 0.0696. The van der Waals surface area contributed by atoms with Gasteiger partial charge in [0, 0.05) is 11.3 Å². The largest absolute Gasteiger partial charge is 0.496 e. The summed E-state index contributed by atoms with van der Waals surface area (Å²) in [4.78, 5) is 23.1. The highest BCUT2D eigenvalue weighted by atomic mass is 16.5. The fraction of sp³-hybridized carbons (Fsp3) is 0.111. The number of hydrogen-bond donors (Lipinski definition) is 2. The van der Waals surface area contributed by atoms with E-state index in [-0.39, 0.29) is 11.5 Å². The normalized spacial score (nSPS) is 9.96. The predicted octanol–water partition coefficient (Wildman–Crippen LogP) is 3.37. The van der Waals surface area contributed by atoms with E-state index in [1.807, 2.05) is 0 Å². The molecule has 0 aliphatic rings. The Morgan fingerprint density at radius 2 is 1.83 bits per heavy atom. The zero-order chi connectivity index (χ0) is 16.8. The van der Waals surface area contributed by atoms with Crippen LogP contribution in [0.25, 0.3) is 0 Å². The number of carboxylic acids is 1. The Kier molecular flexibility index (Phi) is 5.15. The molecule has 0 aliphatic carbocycles. The number of amides is 1. The highest BCUT2D eigenvalue weighted by molar-refractivity contribution is 6.04. The zero-order valence-corrected chi connectivity index (χ0v) is 12.7. The molecule has 0 unspecified atom stereocenters. The van der Waals surface area contributed by atoms with Gasteiger partial charge in [-0.05, 0) is 54.4 Å². The van der Waals surface area contributed by atoms with Crippen molar-refractivity contribution in [3.05, 3.63) is 71.8 Å². The van der Waals surface area contributed by atoms with Crippen molar-refractivity contribution in [2.75, 3.05) is 12.4 Å². The second kappa shape index (κ2) is 7.26. The third kappa shape index (κ3) is 3.97. The Labute approximate surface area is 134 Å². The zero-order valence-electron chi connectivity index (χ0n) is 12.7. The van der Waals surface area contributed by atoms with Crippen LogP contribution < -0.4 is 10.1 Å². The molecule has 23 heavy (non-hydrogen) atoms. The van der Waals surface area contributed by atoms with Crippen LogP contribution in [0.2, 0.25) is 0 Å². The van der Waals surface area contributed by atoms with Gasteiger partial charge in [0.05, 0.1) is 12.7 Å². The summed E-state index contributed by atoms with van der Waals surface area (Å²) in [6.07, 6.45) is 2.34. The molecule has 0 heterocycles. The molecule has 0 saturated carbocycles. The minimum Gasteiger partial charge on any atom is -0.496 e. The molecule has 0 fully saturated rings. The SMILES string of the molecule is C=CCc1cc(C(=O)Nc2ccc(C(=O)O)cc2)ccc1OC. The summed E-state index contributed by atoms with van der Waals surface area (Å²) in [5, 5.41) is 11.6. The van der Waals surface area contributed by atoms with Crippen LogP contribution in [0.3, 0.4) is 0 Å². The van der Waals surface area contributed by atoms with Crippen molar-refractivity contribution >= 4 is 17.6 Å². The number of aromatic carboxylic acids is 1. The third-order valence-electron chi connectivity index (χ3n) is 3.30. The van der Waals surface area contributed by atoms with Crippen LogP contribution in [-0.4, -0.2) is 24.1 Å². The summed E-state index contributed by atoms with van der Waals surface area (Å²) < 4.78 is 5.25. The van der Waals surface area contributed by atoms with Crippen LogP contribution >= 0.6 is 0 Å². The number of carbonyl (C=O) groups is 2. The van der Waals surface area contributed by atoms with E-state index >= 15 is 0 Å². The van der Waals surface area contributed by atoms with Gasteiger partial charge in [-0.1, -0.05) is 6.08 Å². The van der Waals surface area contributed by atoms with Crippen LogP contribution in [0, 0.1) is 0 Å². The third-order valence-corrected chi connectivity index (χ3v) is 3.30. The topological polar surface area (TPSA) is 75.6 Å². The molecule has 0 radical (unpaired) electrons. The van der Waals surface area contributed by atoms with Gasteiger partial charge in [-0.25, -0.2) is 4.79 Å². The molecular weight excluding hydrogens is 294 g/mol. The number of anilines is 1. The van der Waals surface area contributed by atoms with Crippen LogP contribution in [0.1, 0.15) is 26.3 Å². The second-order valence-corrected chi connectivity index (χ2v) is 4.86. The van der Waals surface area contributed by atoms with Crippen molar-refractivity contribution < 1.29 is 19.4 Å². The summed E-state index contributed by atoms with van der Waals surface area (Å²) in [5.41, 5.74) is 2.06. The Morgan fingerprint density at radius 3 is 2.39 bits per heavy atom. The van der Waals surface area contributed by atoms with Crippen molar-refractivity contribution in [2.45, 2.75) is 6.42 Å². The van der Waals surface area contributed by atoms with Crippen molar-refractivity contribution in [1.29, 1.82) is 0 Å². The fourth-order valence-electron chi connectivity index (χ4n) is 2.13. The molecule has 0 aliphatic heterocycles. The van der Waals surface area contributed by atoms with E-state index in [0.717, 1.165) is 5.56 Å². The molecule has 0 saturated heterocycles. The van der Waals surface area contributed by atoms with Crippen LogP contribution in [-0.2, 0) is 6.42 Å². The summed E-state index contributed by atoms with van der Waals surface area (Å²) in [5.74, 6) is -0.583. The molecule has 0 bridgehead atoms. The van der Waals surface area contributed by atoms with Gasteiger partial charge in [0.25, 0.3) is 5.91 Å². The predicted molar refractivity (Wildman–Crippen MR) is 88.2 cm³/mol. The van der Waals surface area contributed by atoms with E-state index in [4.69, 9.17) is 9.84 Å². The molecule has 2 rings (SSSR count). The van der Waals surface area contributed by atoms with Crippen molar-refractivity contribution in [3.63, 3.8) is 0 Å². The van der Waals surface area contributed by atoms with E-state index in [1.54, 1.807) is 43.5 Å². The number of methoxy groups -OCH3 is 1. The molecule has 1 amide bonds. The monoisotopic (exact) mass is 311 g/mol. The van der Waals surface area contributed by atoms with E-state index in [2.05, 4.69) is 11.9 Å². The number of ether oxygens (including phenoxy) is 1. The van der Waals surface area contributed by atoms with Gasteiger partial charge in [-0.15, -0.1) is 6.58 Å². The van der Waals surface area contributed by atoms with Crippen molar-refractivity contribution in [1.82, 2.24) is 0 Å². The number of hydrogen-bond acceptors (Lipinski definition) is 3. The Bertz CT molecular complexity index is 735. The van der Waals surface area contributed by atoms with E-state index in [0.29, 0.717) is 23.4 Å². The summed E-state index contributed by atoms with van der Waals surface area (Å²) in [6, 6.07) is 11.1. The van der Waals surface area contributed by atoms with Crippen molar-refractivity contribution in [3.8, 4) is 5.75 Å². The molecule has 0 aromatic heterocycles. The van der Waals surface area contributed by atoms with E-state index in [9.17, 15) is 9.59 Å². The molecule has 5 nitrogen and oxygen atoms in total. The maximum Gasteiger partial charge on any atom is 0.335 e. The Morgan fingerprint density at radius 1 is 1.17 bits per heavy atom. The number of nitrogens with one attached hydrogen (secondary N) is 1. The maximum atomic E-state index is 12.3. The lowest BCUT2D eigenvalue weighted by Gasteiger charge is -2.10. The van der Waals surface area contributed by atoms with Gasteiger partial charge in [0.1, 0.15) is 5.75 Å². The molecule has 118 valence electrons. The van der Waals surface area contributed by atoms with Gasteiger partial charge in [-0.3, -0.25) is 4.79 Å². The lowest BCUT2D eigenvalue weighted by atomic mass is 10.1. The Hall–Kier alpha value is -3.08. The lowest BCUT2D eigenvalue weighted by Crippen LogP contribution is -2.12. The number of allylic oxidation sites excluding steroid dienone is 1. The van der Waals surface area contributed by atoms with Gasteiger partial charge < -0.3 is 15.2 Å². The summed E-state index contributed by atoms with van der Waals surface area (Å²) in [7, 11) is 1.58. The van der Waals surface area contributed by atoms with Gasteiger partial charge >= 0.3 is 5.97 Å². The highest BCUT2D eigenvalue weighted by Gasteiger charge is 2.10.